The van der Waals surface area contributed by atoms with E-state index in [1.54, 1.807) is 6.07 Å². The Morgan fingerprint density at radius 3 is 1.78 bits per heavy atom. The Morgan fingerprint density at radius 2 is 1.19 bits per heavy atom. The minimum atomic E-state index is -0.163. The molecule has 0 heterocycles. The molecule has 0 N–H and O–H groups in total. The number of aryl methyl sites for hydroxylation is 2. The van der Waals surface area contributed by atoms with Gasteiger partial charge in [0.1, 0.15) is 5.82 Å². The van der Waals surface area contributed by atoms with Crippen molar-refractivity contribution in [2.75, 3.05) is 0 Å². The zero-order chi connectivity index (χ0) is 19.1. The van der Waals surface area contributed by atoms with Crippen molar-refractivity contribution in [3.8, 4) is 22.3 Å². The molecule has 140 valence electrons. The lowest BCUT2D eigenvalue weighted by molar-refractivity contribution is 0.632. The molecule has 3 aromatic rings. The van der Waals surface area contributed by atoms with Gasteiger partial charge in [-0.05, 0) is 53.1 Å². The Hall–Kier alpha value is -2.41. The van der Waals surface area contributed by atoms with Crippen LogP contribution in [-0.2, 0) is 12.8 Å². The summed E-state index contributed by atoms with van der Waals surface area (Å²) in [5.74, 6) is -0.163. The zero-order valence-corrected chi connectivity index (χ0v) is 16.5. The molecule has 3 rings (SSSR count). The van der Waals surface area contributed by atoms with Gasteiger partial charge in [-0.3, -0.25) is 0 Å². The smallest absolute Gasteiger partial charge is 0.131 e. The van der Waals surface area contributed by atoms with Crippen LogP contribution in [-0.4, -0.2) is 0 Å². The maximum atomic E-state index is 14.8. The lowest BCUT2D eigenvalue weighted by atomic mass is 9.97. The van der Waals surface area contributed by atoms with E-state index in [-0.39, 0.29) is 5.82 Å². The Balaban J connectivity index is 1.76. The average molecular weight is 361 g/mol. The Bertz CT molecular complexity index is 844. The molecule has 3 aromatic carbocycles. The van der Waals surface area contributed by atoms with Gasteiger partial charge < -0.3 is 0 Å². The third-order valence-electron chi connectivity index (χ3n) is 5.13. The molecule has 0 atom stereocenters. The number of unbranched alkanes of at least 4 members (excludes halogenated alkanes) is 2. The van der Waals surface area contributed by atoms with Gasteiger partial charge >= 0.3 is 0 Å². The summed E-state index contributed by atoms with van der Waals surface area (Å²) in [7, 11) is 0. The second kappa shape index (κ2) is 9.50. The van der Waals surface area contributed by atoms with Gasteiger partial charge in [0.25, 0.3) is 0 Å². The fourth-order valence-corrected chi connectivity index (χ4v) is 3.51. The monoisotopic (exact) mass is 360 g/mol. The van der Waals surface area contributed by atoms with E-state index in [4.69, 9.17) is 0 Å². The van der Waals surface area contributed by atoms with Gasteiger partial charge in [-0.1, -0.05) is 93.8 Å². The van der Waals surface area contributed by atoms with Crippen molar-refractivity contribution in [3.63, 3.8) is 0 Å². The lowest BCUT2D eigenvalue weighted by Gasteiger charge is -2.09. The summed E-state index contributed by atoms with van der Waals surface area (Å²) < 4.78 is 14.8. The zero-order valence-electron chi connectivity index (χ0n) is 16.5. The highest BCUT2D eigenvalue weighted by Crippen LogP contribution is 2.28. The van der Waals surface area contributed by atoms with Crippen LogP contribution >= 0.6 is 0 Å². The highest BCUT2D eigenvalue weighted by atomic mass is 19.1. The first kappa shape index (κ1) is 19.4. The minimum Gasteiger partial charge on any atom is -0.206 e. The maximum absolute atomic E-state index is 14.8. The van der Waals surface area contributed by atoms with E-state index in [1.807, 2.05) is 24.3 Å². The van der Waals surface area contributed by atoms with Crippen molar-refractivity contribution < 1.29 is 4.39 Å². The minimum absolute atomic E-state index is 0.163. The normalized spacial score (nSPS) is 10.9. The fourth-order valence-electron chi connectivity index (χ4n) is 3.51. The number of hydrogen-bond donors (Lipinski definition) is 0. The van der Waals surface area contributed by atoms with Gasteiger partial charge in [-0.2, -0.15) is 0 Å². The molecular weight excluding hydrogens is 331 g/mol. The van der Waals surface area contributed by atoms with Crippen molar-refractivity contribution in [2.24, 2.45) is 0 Å². The third-order valence-corrected chi connectivity index (χ3v) is 5.13. The molecule has 1 heteroatoms. The molecule has 0 amide bonds. The van der Waals surface area contributed by atoms with Crippen molar-refractivity contribution in [2.45, 2.75) is 52.4 Å². The van der Waals surface area contributed by atoms with Crippen LogP contribution in [0.3, 0.4) is 0 Å². The first-order valence-corrected chi connectivity index (χ1v) is 10.2. The topological polar surface area (TPSA) is 0 Å². The van der Waals surface area contributed by atoms with Crippen LogP contribution in [0.5, 0.6) is 0 Å². The second-order valence-electron chi connectivity index (χ2n) is 7.30. The molecule has 0 fully saturated rings. The summed E-state index contributed by atoms with van der Waals surface area (Å²) in [6, 6.07) is 22.4. The second-order valence-corrected chi connectivity index (χ2v) is 7.30. The van der Waals surface area contributed by atoms with E-state index in [0.717, 1.165) is 36.0 Å². The molecule has 0 nitrogen and oxygen atoms in total. The number of hydrogen-bond acceptors (Lipinski definition) is 0. The summed E-state index contributed by atoms with van der Waals surface area (Å²) in [5.41, 5.74) is 6.26. The van der Waals surface area contributed by atoms with Gasteiger partial charge in [0.2, 0.25) is 0 Å². The lowest BCUT2D eigenvalue weighted by Crippen LogP contribution is -1.89. The molecule has 0 aliphatic carbocycles. The van der Waals surface area contributed by atoms with Gasteiger partial charge in [0.05, 0.1) is 0 Å². The molecular formula is C26H29F. The predicted molar refractivity (Wildman–Crippen MR) is 114 cm³/mol. The molecule has 27 heavy (non-hydrogen) atoms. The molecule has 0 radical (unpaired) electrons. The van der Waals surface area contributed by atoms with Crippen LogP contribution in [0, 0.1) is 5.82 Å². The quantitative estimate of drug-likeness (QED) is 0.359. The van der Waals surface area contributed by atoms with E-state index in [1.165, 1.54) is 30.4 Å². The van der Waals surface area contributed by atoms with E-state index in [9.17, 15) is 4.39 Å². The van der Waals surface area contributed by atoms with Crippen LogP contribution in [0.2, 0.25) is 0 Å². The van der Waals surface area contributed by atoms with E-state index in [2.05, 4.69) is 50.2 Å². The Kier molecular flexibility index (Phi) is 6.81. The van der Waals surface area contributed by atoms with Crippen molar-refractivity contribution in [3.05, 3.63) is 83.7 Å². The Labute approximate surface area is 163 Å². The SMILES string of the molecule is CCCCCc1ccc(-c2ccc(-c3ccc(CCC)cc3)cc2F)cc1. The molecule has 0 spiro atoms. The first-order valence-electron chi connectivity index (χ1n) is 10.2. The van der Waals surface area contributed by atoms with Crippen LogP contribution < -0.4 is 0 Å². The molecule has 0 bridgehead atoms. The summed E-state index contributed by atoms with van der Waals surface area (Å²) >= 11 is 0. The number of benzene rings is 3. The first-order chi connectivity index (χ1) is 13.2. The highest BCUT2D eigenvalue weighted by molar-refractivity contribution is 5.71. The molecule has 0 aliphatic heterocycles. The predicted octanol–water partition coefficient (Wildman–Crippen LogP) is 7.84. The standard InChI is InChI=1S/C26H29F/c1-3-5-6-8-21-11-15-23(16-12-21)25-18-17-24(19-26(25)27)22-13-9-20(7-4-2)10-14-22/h9-19H,3-8H2,1-2H3. The molecule has 0 saturated carbocycles. The van der Waals surface area contributed by atoms with Crippen molar-refractivity contribution >= 4 is 0 Å². The van der Waals surface area contributed by atoms with Gasteiger partial charge in [0.15, 0.2) is 0 Å². The van der Waals surface area contributed by atoms with E-state index in [0.29, 0.717) is 5.56 Å². The largest absolute Gasteiger partial charge is 0.206 e. The summed E-state index contributed by atoms with van der Waals surface area (Å²) in [6.45, 7) is 4.40. The van der Waals surface area contributed by atoms with Gasteiger partial charge in [-0.25, -0.2) is 4.39 Å². The summed E-state index contributed by atoms with van der Waals surface area (Å²) in [6.07, 6.45) is 7.04. The van der Waals surface area contributed by atoms with Crippen LogP contribution in [0.1, 0.15) is 50.7 Å². The van der Waals surface area contributed by atoms with Crippen LogP contribution in [0.4, 0.5) is 4.39 Å². The average Bonchev–Trinajstić information content (AvgIpc) is 2.70. The summed E-state index contributed by atoms with van der Waals surface area (Å²) in [4.78, 5) is 0. The van der Waals surface area contributed by atoms with Gasteiger partial charge in [0, 0.05) is 5.56 Å². The Morgan fingerprint density at radius 1 is 0.593 bits per heavy atom. The van der Waals surface area contributed by atoms with Crippen LogP contribution in [0.15, 0.2) is 66.7 Å². The van der Waals surface area contributed by atoms with E-state index >= 15 is 0 Å². The number of rotatable bonds is 8. The van der Waals surface area contributed by atoms with Crippen molar-refractivity contribution in [1.29, 1.82) is 0 Å². The molecule has 0 unspecified atom stereocenters. The fraction of sp³-hybridized carbons (Fsp3) is 0.308. The highest BCUT2D eigenvalue weighted by Gasteiger charge is 2.08. The number of halogens is 1. The third kappa shape index (κ3) is 5.07. The molecule has 0 aliphatic rings. The van der Waals surface area contributed by atoms with Crippen LogP contribution in [0.25, 0.3) is 22.3 Å². The summed E-state index contributed by atoms with van der Waals surface area (Å²) in [5, 5.41) is 0. The van der Waals surface area contributed by atoms with E-state index < -0.39 is 0 Å². The van der Waals surface area contributed by atoms with Gasteiger partial charge in [-0.15, -0.1) is 0 Å². The molecule has 0 aromatic heterocycles. The van der Waals surface area contributed by atoms with Crippen molar-refractivity contribution in [1.82, 2.24) is 0 Å². The molecule has 0 saturated heterocycles. The maximum Gasteiger partial charge on any atom is 0.131 e.